The lowest BCUT2D eigenvalue weighted by molar-refractivity contribution is -0.301. The van der Waals surface area contributed by atoms with Crippen molar-refractivity contribution in [1.29, 1.82) is 0 Å². The Morgan fingerprint density at radius 1 is 0.493 bits per heavy atom. The summed E-state index contributed by atoms with van der Waals surface area (Å²) in [6.07, 6.45) is 45.6. The largest absolute Gasteiger partial charge is 0.479 e. The van der Waals surface area contributed by atoms with Gasteiger partial charge in [0.2, 0.25) is 0 Å². The van der Waals surface area contributed by atoms with E-state index in [4.69, 9.17) is 23.7 Å². The first-order valence-electron chi connectivity index (χ1n) is 26.2. The Bertz CT molecular complexity index is 1570. The summed E-state index contributed by atoms with van der Waals surface area (Å²) < 4.78 is 28.2. The number of carbonyl (C=O) groups excluding carboxylic acids is 3. The van der Waals surface area contributed by atoms with Crippen LogP contribution in [0.2, 0.25) is 0 Å². The monoisotopic (exact) mass is 967 g/mol. The molecule has 1 fully saturated rings. The number of rotatable bonds is 42. The van der Waals surface area contributed by atoms with Gasteiger partial charge in [-0.1, -0.05) is 169 Å². The Labute approximate surface area is 415 Å². The van der Waals surface area contributed by atoms with E-state index in [1.54, 1.807) is 0 Å². The molecule has 12 heteroatoms. The van der Waals surface area contributed by atoms with Crippen molar-refractivity contribution < 1.29 is 58.2 Å². The molecule has 0 aliphatic carbocycles. The van der Waals surface area contributed by atoms with Crippen molar-refractivity contribution in [2.75, 3.05) is 13.2 Å². The number of aliphatic hydroxyl groups excluding tert-OH is 2. The highest BCUT2D eigenvalue weighted by atomic mass is 16.7. The summed E-state index contributed by atoms with van der Waals surface area (Å²) in [6, 6.07) is 0. The van der Waals surface area contributed by atoms with E-state index in [9.17, 15) is 34.5 Å². The highest BCUT2D eigenvalue weighted by molar-refractivity contribution is 5.74. The molecule has 1 aliphatic heterocycles. The molecular formula is C57H90O12. The highest BCUT2D eigenvalue weighted by Crippen LogP contribution is 2.26. The Balaban J connectivity index is 2.79. The van der Waals surface area contributed by atoms with Gasteiger partial charge in [0.05, 0.1) is 6.61 Å². The summed E-state index contributed by atoms with van der Waals surface area (Å²) in [4.78, 5) is 50.8. The van der Waals surface area contributed by atoms with E-state index < -0.39 is 67.3 Å². The summed E-state index contributed by atoms with van der Waals surface area (Å²) in [7, 11) is 0. The maximum absolute atomic E-state index is 13.0. The van der Waals surface area contributed by atoms with E-state index in [1.165, 1.54) is 12.8 Å². The number of ether oxygens (including phenoxy) is 5. The van der Waals surface area contributed by atoms with Crippen LogP contribution in [-0.4, -0.2) is 89.2 Å². The molecule has 0 spiro atoms. The van der Waals surface area contributed by atoms with Crippen molar-refractivity contribution in [3.63, 3.8) is 0 Å². The first-order chi connectivity index (χ1) is 33.6. The zero-order valence-corrected chi connectivity index (χ0v) is 42.5. The van der Waals surface area contributed by atoms with Gasteiger partial charge >= 0.3 is 23.9 Å². The fourth-order valence-corrected chi connectivity index (χ4v) is 7.14. The van der Waals surface area contributed by atoms with Gasteiger partial charge in [0.15, 0.2) is 24.6 Å². The summed E-state index contributed by atoms with van der Waals surface area (Å²) >= 11 is 0. The SMILES string of the molecule is CC/C=C\C/C=C\C/C=C\C/C=C\CCC(=O)OC(COC(=O)CCCCCCC/C=C\C/C=C\C/C=C\CC)COC1OC(C(=O)O)C(O)C(O)C1OC(=O)CCCCCCC/C=C\CCCC. The zero-order valence-electron chi connectivity index (χ0n) is 42.5. The molecule has 3 N–H and O–H groups in total. The molecule has 1 rings (SSSR count). The predicted octanol–water partition coefficient (Wildman–Crippen LogP) is 12.6. The van der Waals surface area contributed by atoms with Crippen molar-refractivity contribution in [1.82, 2.24) is 0 Å². The minimum Gasteiger partial charge on any atom is -0.479 e. The van der Waals surface area contributed by atoms with Crippen LogP contribution in [-0.2, 0) is 42.9 Å². The lowest BCUT2D eigenvalue weighted by atomic mass is 9.98. The van der Waals surface area contributed by atoms with Gasteiger partial charge in [-0.3, -0.25) is 14.4 Å². The van der Waals surface area contributed by atoms with Crippen LogP contribution in [0, 0.1) is 0 Å². The fraction of sp³-hybridized carbons (Fsp3) is 0.649. The fourth-order valence-electron chi connectivity index (χ4n) is 7.14. The molecule has 0 amide bonds. The molecule has 1 aliphatic rings. The molecule has 12 nitrogen and oxygen atoms in total. The van der Waals surface area contributed by atoms with E-state index in [0.29, 0.717) is 25.7 Å². The zero-order chi connectivity index (χ0) is 50.4. The Hall–Kier alpha value is -4.36. The van der Waals surface area contributed by atoms with E-state index in [2.05, 4.69) is 106 Å². The molecule has 390 valence electrons. The van der Waals surface area contributed by atoms with E-state index in [0.717, 1.165) is 109 Å². The predicted molar refractivity (Wildman–Crippen MR) is 275 cm³/mol. The number of aliphatic hydroxyl groups is 2. The molecule has 0 bridgehead atoms. The third-order valence-electron chi connectivity index (χ3n) is 11.1. The Morgan fingerprint density at radius 2 is 0.942 bits per heavy atom. The number of carboxylic acid groups (broad SMARTS) is 1. The minimum absolute atomic E-state index is 0.0325. The van der Waals surface area contributed by atoms with Gasteiger partial charge in [0.25, 0.3) is 0 Å². The topological polar surface area (TPSA) is 175 Å². The van der Waals surface area contributed by atoms with Crippen LogP contribution in [0.1, 0.15) is 188 Å². The number of hydrogen-bond acceptors (Lipinski definition) is 11. The first-order valence-corrected chi connectivity index (χ1v) is 26.2. The minimum atomic E-state index is -1.92. The van der Waals surface area contributed by atoms with Crippen molar-refractivity contribution in [3.8, 4) is 0 Å². The normalized spacial score (nSPS) is 19.5. The summed E-state index contributed by atoms with van der Waals surface area (Å²) in [5.74, 6) is -3.28. The number of unbranched alkanes of at least 4 members (excludes halogenated alkanes) is 12. The van der Waals surface area contributed by atoms with Gasteiger partial charge in [-0.05, 0) is 96.3 Å². The number of allylic oxidation sites excluding steroid dienone is 16. The number of hydrogen-bond donors (Lipinski definition) is 3. The standard InChI is InChI=1S/C57H90O12/c1-4-7-10-13-16-19-22-24-25-27-29-31-34-37-40-43-49(58)65-46-48(67-50(59)44-41-38-35-33-30-26-23-20-17-14-11-8-5-2)47-66-57-55(53(62)52(61)54(69-57)56(63)64)68-51(60)45-42-39-36-32-28-21-18-15-12-9-6-3/h7-8,10-11,15-20,24-26,30,35,38,48,52-55,57,61-62H,4-6,9,12-14,21-23,27-29,31-34,36-37,39-47H2,1-3H3,(H,63,64)/b10-7-,11-8-,18-15-,19-16-,20-17-,25-24-,30-26-,38-35-. The average molecular weight is 967 g/mol. The third-order valence-corrected chi connectivity index (χ3v) is 11.1. The molecule has 0 saturated carbocycles. The van der Waals surface area contributed by atoms with Crippen LogP contribution in [0.25, 0.3) is 0 Å². The van der Waals surface area contributed by atoms with Crippen molar-refractivity contribution in [3.05, 3.63) is 97.2 Å². The molecule has 6 unspecified atom stereocenters. The van der Waals surface area contributed by atoms with Gasteiger partial charge in [-0.2, -0.15) is 0 Å². The van der Waals surface area contributed by atoms with Crippen molar-refractivity contribution in [2.24, 2.45) is 0 Å². The number of aliphatic carboxylic acids is 1. The lowest BCUT2D eigenvalue weighted by Crippen LogP contribution is -2.61. The quantitative estimate of drug-likeness (QED) is 0.0229. The molecule has 6 atom stereocenters. The summed E-state index contributed by atoms with van der Waals surface area (Å²) in [5.41, 5.74) is 0. The average Bonchev–Trinajstić information content (AvgIpc) is 3.33. The third kappa shape index (κ3) is 35.4. The van der Waals surface area contributed by atoms with Crippen molar-refractivity contribution in [2.45, 2.75) is 225 Å². The molecule has 0 radical (unpaired) electrons. The maximum Gasteiger partial charge on any atom is 0.335 e. The first kappa shape index (κ1) is 62.7. The Morgan fingerprint density at radius 3 is 1.46 bits per heavy atom. The highest BCUT2D eigenvalue weighted by Gasteiger charge is 2.50. The number of esters is 3. The Kier molecular flexibility index (Phi) is 40.7. The van der Waals surface area contributed by atoms with Gasteiger partial charge < -0.3 is 39.0 Å². The summed E-state index contributed by atoms with van der Waals surface area (Å²) in [5, 5.41) is 31.3. The molecular weight excluding hydrogens is 877 g/mol. The van der Waals surface area contributed by atoms with Crippen LogP contribution in [0.3, 0.4) is 0 Å². The molecule has 0 aromatic carbocycles. The van der Waals surface area contributed by atoms with Crippen LogP contribution in [0.5, 0.6) is 0 Å². The smallest absolute Gasteiger partial charge is 0.335 e. The van der Waals surface area contributed by atoms with E-state index in [1.807, 2.05) is 12.2 Å². The molecule has 1 heterocycles. The molecule has 1 saturated heterocycles. The maximum atomic E-state index is 13.0. The molecule has 0 aromatic rings. The van der Waals surface area contributed by atoms with E-state index in [-0.39, 0.29) is 25.9 Å². The van der Waals surface area contributed by atoms with Gasteiger partial charge in [-0.25, -0.2) is 4.79 Å². The molecule has 69 heavy (non-hydrogen) atoms. The van der Waals surface area contributed by atoms with Crippen LogP contribution in [0.4, 0.5) is 0 Å². The number of carbonyl (C=O) groups is 4. The van der Waals surface area contributed by atoms with E-state index >= 15 is 0 Å². The van der Waals surface area contributed by atoms with Gasteiger partial charge in [0.1, 0.15) is 18.8 Å². The van der Waals surface area contributed by atoms with Crippen LogP contribution in [0.15, 0.2) is 97.2 Å². The number of carboxylic acids is 1. The summed E-state index contributed by atoms with van der Waals surface area (Å²) in [6.45, 7) is 5.60. The second kappa shape index (κ2) is 44.8. The molecule has 0 aromatic heterocycles. The van der Waals surface area contributed by atoms with Gasteiger partial charge in [0, 0.05) is 19.3 Å². The van der Waals surface area contributed by atoms with Crippen LogP contribution < -0.4 is 0 Å². The lowest BCUT2D eigenvalue weighted by Gasteiger charge is -2.40. The van der Waals surface area contributed by atoms with Gasteiger partial charge in [-0.15, -0.1) is 0 Å². The van der Waals surface area contributed by atoms with Crippen molar-refractivity contribution >= 4 is 23.9 Å². The second-order valence-corrected chi connectivity index (χ2v) is 17.4. The van der Waals surface area contributed by atoms with Crippen LogP contribution >= 0.6 is 0 Å². The second-order valence-electron chi connectivity index (χ2n) is 17.4.